The van der Waals surface area contributed by atoms with E-state index in [9.17, 15) is 10.2 Å². The summed E-state index contributed by atoms with van der Waals surface area (Å²) in [7, 11) is 0. The number of phenols is 1. The molecule has 0 aromatic heterocycles. The van der Waals surface area contributed by atoms with E-state index in [0.29, 0.717) is 30.1 Å². The molecule has 5 atom stereocenters. The quantitative estimate of drug-likeness (QED) is 0.458. The molecule has 0 radical (unpaired) electrons. The molecule has 4 rings (SSSR count). The Bertz CT molecular complexity index is 818. The van der Waals surface area contributed by atoms with Crippen molar-refractivity contribution in [1.29, 1.82) is 0 Å². The number of phenolic OH excluding ortho intramolecular Hbond substituents is 1. The molecule has 0 saturated heterocycles. The molecule has 0 bridgehead atoms. The van der Waals surface area contributed by atoms with Crippen molar-refractivity contribution in [2.45, 2.75) is 83.5 Å². The molecule has 2 aromatic carbocycles. The van der Waals surface area contributed by atoms with Crippen molar-refractivity contribution in [3.8, 4) is 5.75 Å². The van der Waals surface area contributed by atoms with E-state index in [4.69, 9.17) is 4.74 Å². The lowest BCUT2D eigenvalue weighted by molar-refractivity contribution is 0.0159. The van der Waals surface area contributed by atoms with E-state index in [1.807, 2.05) is 12.1 Å². The third-order valence-corrected chi connectivity index (χ3v) is 7.64. The molecule has 0 amide bonds. The number of aliphatic hydroxyl groups excluding tert-OH is 1. The van der Waals surface area contributed by atoms with Gasteiger partial charge in [-0.05, 0) is 79.0 Å². The number of fused-ring (bicyclic) bond motifs is 2. The predicted molar refractivity (Wildman–Crippen MR) is 125 cm³/mol. The van der Waals surface area contributed by atoms with Crippen LogP contribution in [0.5, 0.6) is 5.75 Å². The lowest BCUT2D eigenvalue weighted by Crippen LogP contribution is -2.28. The van der Waals surface area contributed by atoms with Gasteiger partial charge in [0.1, 0.15) is 5.75 Å². The van der Waals surface area contributed by atoms with E-state index in [1.54, 1.807) is 6.07 Å². The average molecular weight is 423 g/mol. The fraction of sp³-hybridized carbons (Fsp3) is 0.571. The van der Waals surface area contributed by atoms with Gasteiger partial charge in [0.2, 0.25) is 0 Å². The van der Waals surface area contributed by atoms with Crippen LogP contribution in [0, 0.1) is 17.8 Å². The van der Waals surface area contributed by atoms with E-state index in [-0.39, 0.29) is 12.2 Å². The highest BCUT2D eigenvalue weighted by Crippen LogP contribution is 2.48. The van der Waals surface area contributed by atoms with Crippen LogP contribution in [-0.4, -0.2) is 22.4 Å². The van der Waals surface area contributed by atoms with Crippen LogP contribution in [0.25, 0.3) is 0 Å². The summed E-state index contributed by atoms with van der Waals surface area (Å²) in [4.78, 5) is 0. The Labute approximate surface area is 187 Å². The van der Waals surface area contributed by atoms with Crippen LogP contribution in [-0.2, 0) is 24.2 Å². The van der Waals surface area contributed by atoms with Gasteiger partial charge in [0.15, 0.2) is 0 Å². The molecule has 2 aliphatic carbocycles. The summed E-state index contributed by atoms with van der Waals surface area (Å²) < 4.78 is 6.36. The van der Waals surface area contributed by atoms with E-state index >= 15 is 0 Å². The second kappa shape index (κ2) is 10.7. The van der Waals surface area contributed by atoms with Gasteiger partial charge in [0.25, 0.3) is 0 Å². The van der Waals surface area contributed by atoms with Gasteiger partial charge in [-0.25, -0.2) is 0 Å². The highest BCUT2D eigenvalue weighted by atomic mass is 16.5. The molecule has 3 heteroatoms. The van der Waals surface area contributed by atoms with Gasteiger partial charge in [-0.15, -0.1) is 0 Å². The predicted octanol–water partition coefficient (Wildman–Crippen LogP) is 6.05. The standard InChI is InChI=1S/C28H38O3/c1-2-3-5-12-23(31-19-20-9-6-4-7-10-20)14-15-24-25-16-21-11-8-13-27(29)26(21)17-22(25)18-28(24)30/h4,6-11,13,22-25,28-30H,2-3,5,12,14-19H2,1H3/t22-,23-,24+,25-,28+/m0/s1. The molecule has 2 aromatic rings. The first kappa shape index (κ1) is 22.4. The Hall–Kier alpha value is -1.84. The van der Waals surface area contributed by atoms with Crippen LogP contribution in [0.4, 0.5) is 0 Å². The van der Waals surface area contributed by atoms with Gasteiger partial charge < -0.3 is 14.9 Å². The summed E-state index contributed by atoms with van der Waals surface area (Å²) in [6, 6.07) is 16.3. The third kappa shape index (κ3) is 5.51. The number of hydrogen-bond acceptors (Lipinski definition) is 3. The van der Waals surface area contributed by atoms with Crippen LogP contribution in [0.3, 0.4) is 0 Å². The van der Waals surface area contributed by atoms with Crippen LogP contribution < -0.4 is 0 Å². The highest BCUT2D eigenvalue weighted by Gasteiger charge is 2.44. The molecule has 31 heavy (non-hydrogen) atoms. The van der Waals surface area contributed by atoms with Crippen LogP contribution in [0.2, 0.25) is 0 Å². The van der Waals surface area contributed by atoms with Gasteiger partial charge in [0.05, 0.1) is 18.8 Å². The zero-order valence-electron chi connectivity index (χ0n) is 18.9. The molecular formula is C28H38O3. The molecule has 0 spiro atoms. The largest absolute Gasteiger partial charge is 0.508 e. The molecule has 2 aliphatic rings. The molecule has 168 valence electrons. The topological polar surface area (TPSA) is 49.7 Å². The van der Waals surface area contributed by atoms with Gasteiger partial charge in [-0.3, -0.25) is 0 Å². The maximum Gasteiger partial charge on any atom is 0.119 e. The zero-order chi connectivity index (χ0) is 21.6. The molecular weight excluding hydrogens is 384 g/mol. The van der Waals surface area contributed by atoms with Crippen LogP contribution in [0.1, 0.15) is 68.6 Å². The average Bonchev–Trinajstić information content (AvgIpc) is 3.09. The molecule has 1 saturated carbocycles. The number of aromatic hydroxyl groups is 1. The Balaban J connectivity index is 1.37. The van der Waals surface area contributed by atoms with E-state index in [1.165, 1.54) is 30.4 Å². The first-order valence-corrected chi connectivity index (χ1v) is 12.3. The Morgan fingerprint density at radius 3 is 2.65 bits per heavy atom. The number of hydrogen-bond donors (Lipinski definition) is 2. The van der Waals surface area contributed by atoms with Crippen molar-refractivity contribution in [3.63, 3.8) is 0 Å². The van der Waals surface area contributed by atoms with E-state index < -0.39 is 0 Å². The summed E-state index contributed by atoms with van der Waals surface area (Å²) in [5, 5.41) is 21.2. The minimum absolute atomic E-state index is 0.225. The molecule has 1 fully saturated rings. The van der Waals surface area contributed by atoms with Gasteiger partial charge in [-0.2, -0.15) is 0 Å². The van der Waals surface area contributed by atoms with Crippen molar-refractivity contribution in [2.24, 2.45) is 17.8 Å². The minimum atomic E-state index is -0.225. The highest BCUT2D eigenvalue weighted by molar-refractivity contribution is 5.42. The fourth-order valence-electron chi connectivity index (χ4n) is 5.92. The summed E-state index contributed by atoms with van der Waals surface area (Å²) in [5.41, 5.74) is 3.62. The van der Waals surface area contributed by atoms with E-state index in [0.717, 1.165) is 44.1 Å². The number of unbranched alkanes of at least 4 members (excludes halogenated alkanes) is 2. The van der Waals surface area contributed by atoms with Crippen molar-refractivity contribution in [2.75, 3.05) is 0 Å². The summed E-state index contributed by atoms with van der Waals surface area (Å²) >= 11 is 0. The molecule has 0 heterocycles. The Morgan fingerprint density at radius 2 is 1.84 bits per heavy atom. The smallest absolute Gasteiger partial charge is 0.119 e. The molecule has 0 unspecified atom stereocenters. The van der Waals surface area contributed by atoms with Gasteiger partial charge in [-0.1, -0.05) is 68.7 Å². The zero-order valence-corrected chi connectivity index (χ0v) is 18.9. The normalized spacial score (nSPS) is 25.7. The lowest BCUT2D eigenvalue weighted by Gasteiger charge is -2.32. The molecule has 2 N–H and O–H groups in total. The first-order valence-electron chi connectivity index (χ1n) is 12.3. The summed E-state index contributed by atoms with van der Waals surface area (Å²) in [6.07, 6.45) is 9.65. The van der Waals surface area contributed by atoms with Crippen molar-refractivity contribution in [3.05, 3.63) is 65.2 Å². The third-order valence-electron chi connectivity index (χ3n) is 7.64. The van der Waals surface area contributed by atoms with Crippen molar-refractivity contribution < 1.29 is 14.9 Å². The van der Waals surface area contributed by atoms with Crippen molar-refractivity contribution in [1.82, 2.24) is 0 Å². The fourth-order valence-corrected chi connectivity index (χ4v) is 5.92. The Kier molecular flexibility index (Phi) is 7.68. The number of benzene rings is 2. The number of aliphatic hydroxyl groups is 1. The van der Waals surface area contributed by atoms with Gasteiger partial charge in [0, 0.05) is 0 Å². The first-order chi connectivity index (χ1) is 15.2. The second-order valence-corrected chi connectivity index (χ2v) is 9.71. The van der Waals surface area contributed by atoms with E-state index in [2.05, 4.69) is 37.3 Å². The van der Waals surface area contributed by atoms with Crippen molar-refractivity contribution >= 4 is 0 Å². The maximum atomic E-state index is 10.9. The number of ether oxygens (including phenoxy) is 1. The minimum Gasteiger partial charge on any atom is -0.508 e. The lowest BCUT2D eigenvalue weighted by atomic mass is 9.73. The summed E-state index contributed by atoms with van der Waals surface area (Å²) in [6.45, 7) is 2.91. The number of rotatable bonds is 10. The second-order valence-electron chi connectivity index (χ2n) is 9.71. The molecule has 0 aliphatic heterocycles. The summed E-state index contributed by atoms with van der Waals surface area (Å²) in [5.74, 6) is 1.79. The maximum absolute atomic E-state index is 10.9. The molecule has 3 nitrogen and oxygen atoms in total. The van der Waals surface area contributed by atoms with Crippen LogP contribution in [0.15, 0.2) is 48.5 Å². The monoisotopic (exact) mass is 422 g/mol. The van der Waals surface area contributed by atoms with Gasteiger partial charge >= 0.3 is 0 Å². The SMILES string of the molecule is CCCCC[C@@H](CC[C@@H]1[C@H]2Cc3cccc(O)c3C[C@H]2C[C@H]1O)OCc1ccccc1. The van der Waals surface area contributed by atoms with Crippen LogP contribution >= 0.6 is 0 Å². The Morgan fingerprint density at radius 1 is 1.00 bits per heavy atom.